The fourth-order valence-electron chi connectivity index (χ4n) is 7.66. The molecular weight excluding hydrogens is 519 g/mol. The van der Waals surface area contributed by atoms with E-state index in [0.29, 0.717) is 0 Å². The molecule has 4 rings (SSSR count). The van der Waals surface area contributed by atoms with Gasteiger partial charge in [-0.2, -0.15) is 0 Å². The molecule has 0 heterocycles. The molecule has 0 bridgehead atoms. The minimum absolute atomic E-state index is 0. The van der Waals surface area contributed by atoms with E-state index in [1.807, 2.05) is 0 Å². The van der Waals surface area contributed by atoms with Crippen LogP contribution in [-0.2, 0) is 21.7 Å². The van der Waals surface area contributed by atoms with Crippen molar-refractivity contribution in [2.24, 2.45) is 0 Å². The Labute approximate surface area is 240 Å². The van der Waals surface area contributed by atoms with Gasteiger partial charge in [0, 0.05) is 21.5 Å². The van der Waals surface area contributed by atoms with Crippen molar-refractivity contribution in [1.29, 1.82) is 0 Å². The Morgan fingerprint density at radius 3 is 0.972 bits per heavy atom. The van der Waals surface area contributed by atoms with Crippen molar-refractivity contribution in [3.8, 4) is 0 Å². The van der Waals surface area contributed by atoms with Crippen molar-refractivity contribution in [3.05, 3.63) is 6.65 Å². The predicted molar refractivity (Wildman–Crippen MR) is 161 cm³/mol. The molecule has 0 N–H and O–H groups in total. The first-order chi connectivity index (χ1) is 16.8. The van der Waals surface area contributed by atoms with Gasteiger partial charge in [-0.3, -0.25) is 0 Å². The van der Waals surface area contributed by atoms with Crippen LogP contribution in [0.15, 0.2) is 0 Å². The van der Waals surface area contributed by atoms with Gasteiger partial charge in [0.25, 0.3) is 0 Å². The summed E-state index contributed by atoms with van der Waals surface area (Å²) in [4.78, 5) is 2.81. The van der Waals surface area contributed by atoms with Crippen LogP contribution in [0.25, 0.3) is 0 Å². The molecule has 4 fully saturated rings. The van der Waals surface area contributed by atoms with Gasteiger partial charge in [0.15, 0.2) is 0 Å². The Hall–Kier alpha value is 1.14. The molecule has 0 saturated heterocycles. The molecule has 36 heavy (non-hydrogen) atoms. The minimum atomic E-state index is 0. The zero-order chi connectivity index (χ0) is 24.0. The Bertz CT molecular complexity index is 464. The molecule has 0 aliphatic heterocycles. The van der Waals surface area contributed by atoms with Crippen LogP contribution >= 0.6 is 15.8 Å². The van der Waals surface area contributed by atoms with Crippen molar-refractivity contribution in [2.75, 3.05) is 32.5 Å². The molecule has 4 aliphatic rings. The van der Waals surface area contributed by atoms with Gasteiger partial charge in [-0.25, -0.2) is 0 Å². The molecular formula is C30H57BFeNOP2. The second kappa shape index (κ2) is 21.0. The van der Waals surface area contributed by atoms with Crippen LogP contribution in [-0.4, -0.2) is 68.4 Å². The molecule has 0 aromatic heterocycles. The van der Waals surface area contributed by atoms with E-state index in [9.17, 15) is 0 Å². The summed E-state index contributed by atoms with van der Waals surface area (Å²) in [6.45, 7) is 7.33. The average Bonchev–Trinajstić information content (AvgIpc) is 2.92. The third-order valence-electron chi connectivity index (χ3n) is 9.65. The van der Waals surface area contributed by atoms with Crippen LogP contribution in [0.2, 0.25) is 0 Å². The van der Waals surface area contributed by atoms with Crippen LogP contribution in [0.1, 0.15) is 128 Å². The Morgan fingerprint density at radius 2 is 0.750 bits per heavy atom. The van der Waals surface area contributed by atoms with E-state index in [4.69, 9.17) is 4.65 Å². The molecule has 209 valence electrons. The maximum absolute atomic E-state index is 7.50. The van der Waals surface area contributed by atoms with Gasteiger partial charge in [-0.15, -0.1) is 0 Å². The average molecular weight is 576 g/mol. The molecule has 0 aromatic rings. The fraction of sp³-hybridized carbons (Fsp3) is 0.967. The van der Waals surface area contributed by atoms with E-state index in [2.05, 4.69) is 18.6 Å². The summed E-state index contributed by atoms with van der Waals surface area (Å²) in [7, 11) is 3.06. The van der Waals surface area contributed by atoms with Gasteiger partial charge < -0.3 is 4.90 Å². The Kier molecular flexibility index (Phi) is 20.5. The number of rotatable bonds is 10. The third-order valence-corrected chi connectivity index (χ3v) is 16.9. The van der Waals surface area contributed by atoms with Crippen LogP contribution in [0, 0.1) is 6.65 Å². The standard InChI is InChI=1S/C29H55NP2.CO.B.Fe.2H/c1-30(22-24-31(26-14-6-2-7-15-26)27-16-8-3-9-17-27)23-25-32(28-18-10-4-11-19-28)29-20-12-5-13-21-29;1-2;;;;/h26-29H,2-25H2,1H3;;;;;. The van der Waals surface area contributed by atoms with Gasteiger partial charge in [0.2, 0.25) is 0 Å². The van der Waals surface area contributed by atoms with Crippen molar-refractivity contribution in [3.63, 3.8) is 0 Å². The van der Waals surface area contributed by atoms with E-state index >= 15 is 0 Å². The molecule has 4 saturated carbocycles. The van der Waals surface area contributed by atoms with Gasteiger partial charge in [0.1, 0.15) is 0 Å². The topological polar surface area (TPSA) is 23.1 Å². The second-order valence-electron chi connectivity index (χ2n) is 11.9. The van der Waals surface area contributed by atoms with E-state index in [1.165, 1.54) is 38.8 Å². The summed E-state index contributed by atoms with van der Waals surface area (Å²) in [5.74, 6) is 0. The van der Waals surface area contributed by atoms with Crippen molar-refractivity contribution in [1.82, 2.24) is 4.90 Å². The molecule has 3 radical (unpaired) electrons. The molecule has 4 aliphatic carbocycles. The van der Waals surface area contributed by atoms with Gasteiger partial charge in [-0.1, -0.05) is 92.9 Å². The molecule has 0 aromatic carbocycles. The maximum atomic E-state index is 7.50. The first-order valence-electron chi connectivity index (χ1n) is 15.2. The van der Waals surface area contributed by atoms with E-state index < -0.39 is 0 Å². The van der Waals surface area contributed by atoms with Crippen molar-refractivity contribution in [2.45, 2.75) is 151 Å². The second-order valence-corrected chi connectivity index (χ2v) is 17.8. The Balaban J connectivity index is 0.00000158. The first kappa shape index (κ1) is 35.2. The van der Waals surface area contributed by atoms with Crippen LogP contribution in [0.4, 0.5) is 0 Å². The first-order valence-corrected chi connectivity index (χ1v) is 18.5. The van der Waals surface area contributed by atoms with Gasteiger partial charge >= 0.3 is 28.4 Å². The number of hydrogen-bond donors (Lipinski definition) is 0. The molecule has 0 atom stereocenters. The van der Waals surface area contributed by atoms with Crippen molar-refractivity contribution < 1.29 is 21.7 Å². The molecule has 0 unspecified atom stereocenters. The third kappa shape index (κ3) is 11.7. The van der Waals surface area contributed by atoms with E-state index in [0.717, 1.165) is 22.6 Å². The molecule has 0 amide bonds. The normalized spacial score (nSPS) is 23.1. The quantitative estimate of drug-likeness (QED) is 0.111. The summed E-state index contributed by atoms with van der Waals surface area (Å²) in [5, 5.41) is 0. The van der Waals surface area contributed by atoms with Crippen molar-refractivity contribution >= 4 is 24.3 Å². The van der Waals surface area contributed by atoms with Crippen LogP contribution < -0.4 is 0 Å². The zero-order valence-corrected chi connectivity index (χ0v) is 26.6. The zero-order valence-electron chi connectivity index (χ0n) is 23.5. The summed E-state index contributed by atoms with van der Waals surface area (Å²) < 4.78 is 7.50. The van der Waals surface area contributed by atoms with Gasteiger partial charge in [0.05, 0.1) is 0 Å². The molecule has 0 spiro atoms. The Morgan fingerprint density at radius 1 is 0.528 bits per heavy atom. The summed E-state index contributed by atoms with van der Waals surface area (Å²) in [6.07, 6.45) is 34.2. The number of hydrogen-bond acceptors (Lipinski definition) is 1. The van der Waals surface area contributed by atoms with Crippen LogP contribution in [0.3, 0.4) is 0 Å². The number of nitrogens with zero attached hydrogens (tertiary/aromatic N) is 1. The molecule has 2 nitrogen and oxygen atoms in total. The molecule has 6 heteroatoms. The van der Waals surface area contributed by atoms with Crippen LogP contribution in [0.5, 0.6) is 0 Å². The predicted octanol–water partition coefficient (Wildman–Crippen LogP) is 8.26. The summed E-state index contributed by atoms with van der Waals surface area (Å²) >= 11 is 0. The SMILES string of the molecule is CN(CCP(C1CCCCC1)C1CCCCC1)CCP(C1CCCCC1)C1CCCCC1.[B].[C-]#[O+].[FeH2]. The summed E-state index contributed by atoms with van der Waals surface area (Å²) in [6, 6.07) is 0. The fourth-order valence-corrected chi connectivity index (χ4v) is 15.6. The summed E-state index contributed by atoms with van der Waals surface area (Å²) in [5.41, 5.74) is 4.54. The van der Waals surface area contributed by atoms with Gasteiger partial charge in [-0.05, 0) is 93.4 Å². The monoisotopic (exact) mass is 576 g/mol. The van der Waals surface area contributed by atoms with E-state index in [1.54, 1.807) is 115 Å². The van der Waals surface area contributed by atoms with E-state index in [-0.39, 0.29) is 41.3 Å².